The van der Waals surface area contributed by atoms with E-state index in [0.29, 0.717) is 0 Å². The Balaban J connectivity index is 1.02. The molecule has 0 aliphatic heterocycles. The number of hydrogen-bond donors (Lipinski definition) is 0. The summed E-state index contributed by atoms with van der Waals surface area (Å²) in [6.45, 7) is 2.40. The molecule has 0 fully saturated rings. The third-order valence-corrected chi connectivity index (χ3v) is 14.7. The first-order valence-electron chi connectivity index (χ1n) is 24.0. The predicted octanol–water partition coefficient (Wildman–Crippen LogP) is 18.6. The van der Waals surface area contributed by atoms with Crippen LogP contribution in [0.1, 0.15) is 23.6 Å². The Kier molecular flexibility index (Phi) is 9.70. The second kappa shape index (κ2) is 16.5. The maximum atomic E-state index is 2.51. The summed E-state index contributed by atoms with van der Waals surface area (Å²) < 4.78 is 0. The average Bonchev–Trinajstić information content (AvgIpc) is 3.70. The lowest BCUT2D eigenvalue weighted by Crippen LogP contribution is -2.22. The van der Waals surface area contributed by atoms with Gasteiger partial charge in [-0.3, -0.25) is 0 Å². The Morgan fingerprint density at radius 3 is 1.49 bits per heavy atom. The Hall–Kier alpha value is -8.78. The van der Waals surface area contributed by atoms with Gasteiger partial charge in [-0.1, -0.05) is 237 Å². The second-order valence-electron chi connectivity index (χ2n) is 18.5. The Bertz CT molecular complexity index is 3880. The summed E-state index contributed by atoms with van der Waals surface area (Å²) in [5, 5.41) is 7.43. The minimum atomic E-state index is -0.335. The van der Waals surface area contributed by atoms with Crippen LogP contribution in [0.25, 0.3) is 88.0 Å². The fourth-order valence-corrected chi connectivity index (χ4v) is 11.5. The van der Waals surface area contributed by atoms with Crippen LogP contribution < -0.4 is 4.90 Å². The third kappa shape index (κ3) is 6.54. The first-order valence-corrected chi connectivity index (χ1v) is 24.0. The van der Waals surface area contributed by atoms with Crippen molar-refractivity contribution >= 4 is 49.4 Å². The van der Waals surface area contributed by atoms with Crippen molar-refractivity contribution in [3.63, 3.8) is 0 Å². The fourth-order valence-electron chi connectivity index (χ4n) is 11.5. The number of hydrogen-bond acceptors (Lipinski definition) is 1. The molecule has 0 radical (unpaired) electrons. The topological polar surface area (TPSA) is 3.24 Å². The van der Waals surface area contributed by atoms with Crippen molar-refractivity contribution in [3.8, 4) is 55.6 Å². The van der Waals surface area contributed by atoms with Gasteiger partial charge in [-0.05, 0) is 131 Å². The lowest BCUT2D eigenvalue weighted by atomic mass is 9.74. The summed E-state index contributed by atoms with van der Waals surface area (Å²) >= 11 is 0. The van der Waals surface area contributed by atoms with Gasteiger partial charge in [0.1, 0.15) is 0 Å². The first-order chi connectivity index (χ1) is 34.1. The van der Waals surface area contributed by atoms with E-state index in [1.807, 2.05) is 0 Å². The van der Waals surface area contributed by atoms with Gasteiger partial charge < -0.3 is 4.90 Å². The molecule has 0 bridgehead atoms. The van der Waals surface area contributed by atoms with E-state index < -0.39 is 0 Å². The van der Waals surface area contributed by atoms with Crippen LogP contribution in [0.3, 0.4) is 0 Å². The molecule has 1 unspecified atom stereocenters. The highest BCUT2D eigenvalue weighted by molar-refractivity contribution is 6.22. The molecule has 13 rings (SSSR count). The van der Waals surface area contributed by atoms with Crippen molar-refractivity contribution < 1.29 is 0 Å². The molecule has 12 aromatic carbocycles. The molecule has 0 saturated heterocycles. The average molecular weight is 878 g/mol. The second-order valence-corrected chi connectivity index (χ2v) is 18.5. The predicted molar refractivity (Wildman–Crippen MR) is 293 cm³/mol. The summed E-state index contributed by atoms with van der Waals surface area (Å²) in [7, 11) is 0. The van der Waals surface area contributed by atoms with Crippen molar-refractivity contribution in [2.24, 2.45) is 0 Å². The zero-order valence-corrected chi connectivity index (χ0v) is 38.4. The number of fused-ring (bicyclic) bond motifs is 7. The largest absolute Gasteiger partial charge is 0.309 e. The van der Waals surface area contributed by atoms with E-state index in [2.05, 4.69) is 279 Å². The van der Waals surface area contributed by atoms with Gasteiger partial charge in [-0.15, -0.1) is 0 Å². The quantitative estimate of drug-likeness (QED) is 0.138. The minimum Gasteiger partial charge on any atom is -0.309 e. The number of nitrogens with zero attached hydrogens (tertiary/aromatic N) is 1. The van der Waals surface area contributed by atoms with Crippen LogP contribution in [-0.4, -0.2) is 0 Å². The standard InChI is InChI=1S/C68H47N/c1-68(51-27-12-5-13-28-51)61-34-19-18-33-59(61)67-62(68)35-20-36-64(67)69(63-44-43-53(47-21-6-2-7-22-47)54-29-14-16-31-57(54)63)52-40-37-46(38-41-52)50-39-42-56-55-30-15-17-32-58(55)65(48-23-8-3-9-24-48)66(60(56)45-50)49-25-10-4-11-26-49/h2-45H,1H3. The number of rotatable bonds is 8. The molecule has 1 aliphatic carbocycles. The highest BCUT2D eigenvalue weighted by Gasteiger charge is 2.42. The molecule has 1 aliphatic rings. The van der Waals surface area contributed by atoms with E-state index >= 15 is 0 Å². The van der Waals surface area contributed by atoms with Crippen LogP contribution in [0.5, 0.6) is 0 Å². The first kappa shape index (κ1) is 40.5. The van der Waals surface area contributed by atoms with Crippen LogP contribution in [0.4, 0.5) is 17.1 Å². The maximum absolute atomic E-state index is 2.51. The van der Waals surface area contributed by atoms with E-state index in [0.717, 1.165) is 17.1 Å². The zero-order chi connectivity index (χ0) is 45.9. The van der Waals surface area contributed by atoms with Gasteiger partial charge >= 0.3 is 0 Å². The van der Waals surface area contributed by atoms with Gasteiger partial charge in [-0.25, -0.2) is 0 Å². The van der Waals surface area contributed by atoms with Crippen LogP contribution in [0.2, 0.25) is 0 Å². The smallest absolute Gasteiger partial charge is 0.0543 e. The number of benzene rings is 12. The van der Waals surface area contributed by atoms with E-state index in [-0.39, 0.29) is 5.41 Å². The molecule has 12 aromatic rings. The van der Waals surface area contributed by atoms with Crippen LogP contribution in [0.15, 0.2) is 267 Å². The molecule has 0 heterocycles. The van der Waals surface area contributed by atoms with Gasteiger partial charge in [0.25, 0.3) is 0 Å². The maximum Gasteiger partial charge on any atom is 0.0543 e. The zero-order valence-electron chi connectivity index (χ0n) is 38.4. The molecule has 0 saturated carbocycles. The van der Waals surface area contributed by atoms with Crippen LogP contribution in [-0.2, 0) is 5.41 Å². The van der Waals surface area contributed by atoms with E-state index in [1.165, 1.54) is 105 Å². The van der Waals surface area contributed by atoms with E-state index in [1.54, 1.807) is 0 Å². The Morgan fingerprint density at radius 1 is 0.275 bits per heavy atom. The minimum absolute atomic E-state index is 0.335. The molecule has 69 heavy (non-hydrogen) atoms. The summed E-state index contributed by atoms with van der Waals surface area (Å²) in [6, 6.07) is 98.3. The molecule has 324 valence electrons. The highest BCUT2D eigenvalue weighted by atomic mass is 15.1. The van der Waals surface area contributed by atoms with Crippen molar-refractivity contribution in [1.29, 1.82) is 0 Å². The molecule has 1 heteroatoms. The molecule has 0 spiro atoms. The van der Waals surface area contributed by atoms with E-state index in [9.17, 15) is 0 Å². The molecule has 1 atom stereocenters. The lowest BCUT2D eigenvalue weighted by molar-refractivity contribution is 0.714. The molecule has 1 nitrogen and oxygen atoms in total. The molecular formula is C68H47N. The molecule has 0 aromatic heterocycles. The fraction of sp³-hybridized carbons (Fsp3) is 0.0294. The van der Waals surface area contributed by atoms with Gasteiger partial charge in [0.2, 0.25) is 0 Å². The van der Waals surface area contributed by atoms with Crippen molar-refractivity contribution in [2.75, 3.05) is 4.90 Å². The molecule has 0 amide bonds. The monoisotopic (exact) mass is 877 g/mol. The summed E-state index contributed by atoms with van der Waals surface area (Å²) in [5.74, 6) is 0. The van der Waals surface area contributed by atoms with Gasteiger partial charge in [0.05, 0.1) is 11.4 Å². The molecular weight excluding hydrogens is 831 g/mol. The van der Waals surface area contributed by atoms with Crippen molar-refractivity contribution in [3.05, 3.63) is 284 Å². The van der Waals surface area contributed by atoms with Crippen LogP contribution in [0, 0.1) is 0 Å². The summed E-state index contributed by atoms with van der Waals surface area (Å²) in [5.41, 5.74) is 19.2. The molecule has 0 N–H and O–H groups in total. The summed E-state index contributed by atoms with van der Waals surface area (Å²) in [6.07, 6.45) is 0. The normalized spacial score (nSPS) is 13.9. The third-order valence-electron chi connectivity index (χ3n) is 14.7. The van der Waals surface area contributed by atoms with Gasteiger partial charge in [-0.2, -0.15) is 0 Å². The van der Waals surface area contributed by atoms with Crippen molar-refractivity contribution in [1.82, 2.24) is 0 Å². The number of anilines is 3. The Labute approximate surface area is 403 Å². The lowest BCUT2D eigenvalue weighted by Gasteiger charge is -2.31. The van der Waals surface area contributed by atoms with Gasteiger partial charge in [0, 0.05) is 22.1 Å². The SMILES string of the molecule is CC1(c2ccccc2)c2ccccc2-c2c(N(c3ccc(-c4ccc5c(c4)c(-c4ccccc4)c(-c4ccccc4)c4ccccc45)cc3)c3ccc(-c4ccccc4)c4ccccc34)cccc21. The van der Waals surface area contributed by atoms with Crippen LogP contribution >= 0.6 is 0 Å². The van der Waals surface area contributed by atoms with Crippen molar-refractivity contribution in [2.45, 2.75) is 12.3 Å². The summed E-state index contributed by atoms with van der Waals surface area (Å²) in [4.78, 5) is 2.51. The van der Waals surface area contributed by atoms with E-state index in [4.69, 9.17) is 0 Å². The Morgan fingerprint density at radius 2 is 0.797 bits per heavy atom. The van der Waals surface area contributed by atoms with Gasteiger partial charge in [0.15, 0.2) is 0 Å². The highest BCUT2D eigenvalue weighted by Crippen LogP contribution is 2.57.